The Kier molecular flexibility index (Phi) is 8.26. The van der Waals surface area contributed by atoms with Crippen molar-refractivity contribution in [1.29, 1.82) is 0 Å². The molecular weight excluding hydrogens is 425 g/mol. The van der Waals surface area contributed by atoms with E-state index in [2.05, 4.69) is 10.6 Å². The molecule has 0 unspecified atom stereocenters. The average Bonchev–Trinajstić information content (AvgIpc) is 2.70. The summed E-state index contributed by atoms with van der Waals surface area (Å²) in [5, 5.41) is 4.84. The van der Waals surface area contributed by atoms with E-state index in [9.17, 15) is 27.2 Å². The summed E-state index contributed by atoms with van der Waals surface area (Å²) in [7, 11) is -3.69. The highest BCUT2D eigenvalue weighted by atomic mass is 32.2. The van der Waals surface area contributed by atoms with Gasteiger partial charge in [-0.3, -0.25) is 14.4 Å². The molecule has 0 aliphatic carbocycles. The zero-order valence-corrected chi connectivity index (χ0v) is 17.7. The van der Waals surface area contributed by atoms with Crippen LogP contribution in [-0.4, -0.2) is 44.0 Å². The first-order valence-electron chi connectivity index (χ1n) is 9.47. The number of rotatable bonds is 10. The molecule has 2 aromatic rings. The van der Waals surface area contributed by atoms with Crippen molar-refractivity contribution in [3.8, 4) is 0 Å². The summed E-state index contributed by atoms with van der Waals surface area (Å²) in [4.78, 5) is 36.1. The zero-order chi connectivity index (χ0) is 23.0. The van der Waals surface area contributed by atoms with Crippen LogP contribution in [0.3, 0.4) is 0 Å². The van der Waals surface area contributed by atoms with E-state index in [0.29, 0.717) is 5.56 Å². The molecule has 0 aliphatic rings. The van der Waals surface area contributed by atoms with E-state index < -0.39 is 51.2 Å². The third-order valence-electron chi connectivity index (χ3n) is 4.46. The van der Waals surface area contributed by atoms with Crippen molar-refractivity contribution in [3.63, 3.8) is 0 Å². The predicted molar refractivity (Wildman–Crippen MR) is 112 cm³/mol. The highest BCUT2D eigenvalue weighted by Gasteiger charge is 2.27. The van der Waals surface area contributed by atoms with Crippen molar-refractivity contribution in [2.45, 2.75) is 36.7 Å². The van der Waals surface area contributed by atoms with Crippen molar-refractivity contribution in [3.05, 3.63) is 66.0 Å². The van der Waals surface area contributed by atoms with Gasteiger partial charge in [-0.2, -0.15) is 0 Å². The van der Waals surface area contributed by atoms with Gasteiger partial charge in [0, 0.05) is 13.3 Å². The van der Waals surface area contributed by atoms with Gasteiger partial charge in [-0.1, -0.05) is 30.3 Å². The molecule has 0 aromatic heterocycles. The normalized spacial score (nSPS) is 13.1. The lowest BCUT2D eigenvalue weighted by atomic mass is 10.0. The van der Waals surface area contributed by atoms with Gasteiger partial charge in [-0.15, -0.1) is 0 Å². The van der Waals surface area contributed by atoms with Crippen LogP contribution in [0, 0.1) is 5.82 Å². The second kappa shape index (κ2) is 10.7. The van der Waals surface area contributed by atoms with E-state index in [1.54, 1.807) is 24.3 Å². The van der Waals surface area contributed by atoms with Crippen molar-refractivity contribution < 1.29 is 27.2 Å². The average molecular weight is 450 g/mol. The van der Waals surface area contributed by atoms with Gasteiger partial charge in [0.05, 0.1) is 10.6 Å². The minimum atomic E-state index is -3.69. The molecule has 4 N–H and O–H groups in total. The minimum Gasteiger partial charge on any atom is -0.368 e. The molecule has 31 heavy (non-hydrogen) atoms. The van der Waals surface area contributed by atoms with Crippen molar-refractivity contribution in [1.82, 2.24) is 10.6 Å². The van der Waals surface area contributed by atoms with E-state index in [1.165, 1.54) is 37.3 Å². The molecule has 2 aromatic carbocycles. The van der Waals surface area contributed by atoms with Crippen LogP contribution in [0.4, 0.5) is 4.39 Å². The number of nitrogens with one attached hydrogen (secondary N) is 2. The smallest absolute Gasteiger partial charge is 0.243 e. The Balaban J connectivity index is 2.10. The predicted octanol–water partition coefficient (Wildman–Crippen LogP) is 0.707. The fraction of sp³-hybridized carbons (Fsp3) is 0.286. The number of carbonyl (C=O) groups excluding carboxylic acids is 3. The number of nitrogens with two attached hydrogens (primary N) is 1. The highest BCUT2D eigenvalue weighted by Crippen LogP contribution is 2.13. The fourth-order valence-electron chi connectivity index (χ4n) is 2.93. The quantitative estimate of drug-likeness (QED) is 0.491. The molecule has 3 amide bonds. The van der Waals surface area contributed by atoms with Gasteiger partial charge in [-0.05, 0) is 36.2 Å². The summed E-state index contributed by atoms with van der Waals surface area (Å²) < 4.78 is 38.3. The SMILES string of the molecule is CC(=O)N[C@H](Cc1cccc(F)c1)C(=O)N[C@H](CCS(=O)(=O)c1ccccc1)C(N)=O. The molecule has 0 bridgehead atoms. The van der Waals surface area contributed by atoms with E-state index in [1.807, 2.05) is 0 Å². The Bertz CT molecular complexity index is 1040. The third kappa shape index (κ3) is 7.49. The maximum absolute atomic E-state index is 13.4. The first-order chi connectivity index (χ1) is 14.6. The maximum atomic E-state index is 13.4. The summed E-state index contributed by atoms with van der Waals surface area (Å²) in [5.74, 6) is -3.07. The van der Waals surface area contributed by atoms with Crippen LogP contribution in [0.2, 0.25) is 0 Å². The monoisotopic (exact) mass is 449 g/mol. The van der Waals surface area contributed by atoms with Crippen molar-refractivity contribution in [2.75, 3.05) is 5.75 Å². The molecule has 0 radical (unpaired) electrons. The van der Waals surface area contributed by atoms with Crippen LogP contribution in [0.1, 0.15) is 18.9 Å². The van der Waals surface area contributed by atoms with E-state index >= 15 is 0 Å². The van der Waals surface area contributed by atoms with Crippen molar-refractivity contribution >= 4 is 27.6 Å². The van der Waals surface area contributed by atoms with Gasteiger partial charge >= 0.3 is 0 Å². The first kappa shape index (κ1) is 24.0. The van der Waals surface area contributed by atoms with Gasteiger partial charge in [0.25, 0.3) is 0 Å². The number of hydrogen-bond donors (Lipinski definition) is 3. The van der Waals surface area contributed by atoms with E-state index in [0.717, 1.165) is 0 Å². The topological polar surface area (TPSA) is 135 Å². The Hall–Kier alpha value is -3.27. The van der Waals surface area contributed by atoms with Crippen LogP contribution >= 0.6 is 0 Å². The second-order valence-electron chi connectivity index (χ2n) is 6.97. The summed E-state index contributed by atoms with van der Waals surface area (Å²) in [6.07, 6.45) is -0.276. The summed E-state index contributed by atoms with van der Waals surface area (Å²) in [6, 6.07) is 10.8. The number of carbonyl (C=O) groups is 3. The number of amides is 3. The second-order valence-corrected chi connectivity index (χ2v) is 9.08. The lowest BCUT2D eigenvalue weighted by Crippen LogP contribution is -2.53. The molecule has 0 spiro atoms. The van der Waals surface area contributed by atoms with Crippen LogP contribution in [0.5, 0.6) is 0 Å². The number of sulfone groups is 1. The number of hydrogen-bond acceptors (Lipinski definition) is 5. The molecule has 166 valence electrons. The van der Waals surface area contributed by atoms with Gasteiger partial charge in [0.1, 0.15) is 17.9 Å². The van der Waals surface area contributed by atoms with Gasteiger partial charge in [0.15, 0.2) is 9.84 Å². The molecule has 10 heteroatoms. The van der Waals surface area contributed by atoms with E-state index in [4.69, 9.17) is 5.73 Å². The third-order valence-corrected chi connectivity index (χ3v) is 6.22. The molecule has 0 fully saturated rings. The summed E-state index contributed by atoms with van der Waals surface area (Å²) in [5.41, 5.74) is 5.80. The lowest BCUT2D eigenvalue weighted by Gasteiger charge is -2.21. The molecule has 2 atom stereocenters. The van der Waals surface area contributed by atoms with Crippen LogP contribution < -0.4 is 16.4 Å². The highest BCUT2D eigenvalue weighted by molar-refractivity contribution is 7.91. The van der Waals surface area contributed by atoms with Crippen LogP contribution in [-0.2, 0) is 30.6 Å². The van der Waals surface area contributed by atoms with E-state index in [-0.39, 0.29) is 17.7 Å². The lowest BCUT2D eigenvalue weighted by molar-refractivity contribution is -0.130. The molecule has 0 heterocycles. The minimum absolute atomic E-state index is 0.0308. The molecule has 0 aliphatic heterocycles. The fourth-order valence-corrected chi connectivity index (χ4v) is 4.28. The van der Waals surface area contributed by atoms with Crippen molar-refractivity contribution in [2.24, 2.45) is 5.73 Å². The Morgan fingerprint density at radius 3 is 2.26 bits per heavy atom. The molecular formula is C21H24FN3O5S. The van der Waals surface area contributed by atoms with Crippen LogP contribution in [0.15, 0.2) is 59.5 Å². The zero-order valence-electron chi connectivity index (χ0n) is 16.9. The maximum Gasteiger partial charge on any atom is 0.243 e. The van der Waals surface area contributed by atoms with Gasteiger partial charge < -0.3 is 16.4 Å². The largest absolute Gasteiger partial charge is 0.368 e. The standard InChI is InChI=1S/C21H24FN3O5S/c1-14(26)24-19(13-15-6-5-7-16(22)12-15)21(28)25-18(20(23)27)10-11-31(29,30)17-8-3-2-4-9-17/h2-9,12,18-19H,10-11,13H2,1H3,(H2,23,27)(H,24,26)(H,25,28)/t18-,19-/m1/s1. The Labute approximate surface area is 179 Å². The number of primary amides is 1. The summed E-state index contributed by atoms with van der Waals surface area (Å²) in [6.45, 7) is 1.21. The number of halogens is 1. The van der Waals surface area contributed by atoms with Gasteiger partial charge in [-0.25, -0.2) is 12.8 Å². The molecule has 2 rings (SSSR count). The Morgan fingerprint density at radius 2 is 1.68 bits per heavy atom. The molecule has 0 saturated carbocycles. The van der Waals surface area contributed by atoms with Crippen LogP contribution in [0.25, 0.3) is 0 Å². The molecule has 0 saturated heterocycles. The molecule has 8 nitrogen and oxygen atoms in total. The number of benzene rings is 2. The first-order valence-corrected chi connectivity index (χ1v) is 11.1. The Morgan fingerprint density at radius 1 is 1.00 bits per heavy atom. The van der Waals surface area contributed by atoms with Gasteiger partial charge in [0.2, 0.25) is 17.7 Å². The summed E-state index contributed by atoms with van der Waals surface area (Å²) >= 11 is 0.